The number of ether oxygens (including phenoxy) is 1. The molecule has 0 saturated heterocycles. The van der Waals surface area contributed by atoms with Gasteiger partial charge in [0.1, 0.15) is 11.6 Å². The first-order valence-corrected chi connectivity index (χ1v) is 9.96. The van der Waals surface area contributed by atoms with Crippen LogP contribution in [0, 0.1) is 0 Å². The number of amides is 2. The molecule has 3 N–H and O–H groups in total. The molecule has 0 saturated carbocycles. The Hall–Kier alpha value is -3.35. The highest BCUT2D eigenvalue weighted by Gasteiger charge is 2.29. The van der Waals surface area contributed by atoms with Gasteiger partial charge < -0.3 is 20.4 Å². The number of carbonyl (C=O) groups is 2. The summed E-state index contributed by atoms with van der Waals surface area (Å²) in [5.41, 5.74) is 2.69. The average molecular weight is 392 g/mol. The van der Waals surface area contributed by atoms with Crippen molar-refractivity contribution in [2.75, 3.05) is 11.9 Å². The summed E-state index contributed by atoms with van der Waals surface area (Å²) in [5, 5.41) is 5.64. The maximum absolute atomic E-state index is 12.1. The van der Waals surface area contributed by atoms with Crippen molar-refractivity contribution < 1.29 is 14.3 Å². The Balaban J connectivity index is 1.14. The second kappa shape index (κ2) is 8.77. The Morgan fingerprint density at radius 3 is 2.79 bits per heavy atom. The molecule has 0 aliphatic carbocycles. The van der Waals surface area contributed by atoms with Crippen molar-refractivity contribution in [3.05, 3.63) is 54.4 Å². The normalized spacial score (nSPS) is 15.4. The van der Waals surface area contributed by atoms with Gasteiger partial charge in [-0.25, -0.2) is 4.98 Å². The van der Waals surface area contributed by atoms with Crippen LogP contribution < -0.4 is 15.4 Å². The van der Waals surface area contributed by atoms with Crippen LogP contribution in [0.5, 0.6) is 5.75 Å². The SMILES string of the molecule is O=C(C[C@H]1Oc2ccccc2NC1=O)NCCCCCc1nc2ccccc2[nH]1. The van der Waals surface area contributed by atoms with Crippen LogP contribution in [0.4, 0.5) is 5.69 Å². The number of hydrogen-bond donors (Lipinski definition) is 3. The molecule has 0 radical (unpaired) electrons. The zero-order valence-electron chi connectivity index (χ0n) is 16.1. The van der Waals surface area contributed by atoms with E-state index in [1.54, 1.807) is 12.1 Å². The van der Waals surface area contributed by atoms with Crippen LogP contribution in [0.3, 0.4) is 0 Å². The van der Waals surface area contributed by atoms with E-state index in [0.717, 1.165) is 42.5 Å². The number of hydrogen-bond acceptors (Lipinski definition) is 4. The zero-order valence-corrected chi connectivity index (χ0v) is 16.1. The van der Waals surface area contributed by atoms with Crippen LogP contribution in [0.15, 0.2) is 48.5 Å². The Morgan fingerprint density at radius 2 is 1.90 bits per heavy atom. The van der Waals surface area contributed by atoms with Gasteiger partial charge in [-0.15, -0.1) is 0 Å². The minimum atomic E-state index is -0.794. The standard InChI is InChI=1S/C22H24N4O3/c27-21(14-19-22(28)26-17-10-5-6-11-18(17)29-19)23-13-7-1-2-12-20-24-15-8-3-4-9-16(15)25-20/h3-6,8-11,19H,1-2,7,12-14H2,(H,23,27)(H,24,25)(H,26,28)/t19-/m1/s1. The number of nitrogens with one attached hydrogen (secondary N) is 3. The van der Waals surface area contributed by atoms with Gasteiger partial charge >= 0.3 is 0 Å². The number of fused-ring (bicyclic) bond motifs is 2. The minimum absolute atomic E-state index is 0.0130. The molecule has 0 fully saturated rings. The van der Waals surface area contributed by atoms with Crippen molar-refractivity contribution in [3.8, 4) is 5.75 Å². The van der Waals surface area contributed by atoms with E-state index in [1.165, 1.54) is 0 Å². The van der Waals surface area contributed by atoms with E-state index in [4.69, 9.17) is 4.74 Å². The van der Waals surface area contributed by atoms with E-state index in [0.29, 0.717) is 18.0 Å². The summed E-state index contributed by atoms with van der Waals surface area (Å²) < 4.78 is 5.65. The quantitative estimate of drug-likeness (QED) is 0.513. The fourth-order valence-electron chi connectivity index (χ4n) is 3.41. The third-order valence-electron chi connectivity index (χ3n) is 4.93. The van der Waals surface area contributed by atoms with Crippen molar-refractivity contribution in [2.45, 2.75) is 38.2 Å². The number of benzene rings is 2. The zero-order chi connectivity index (χ0) is 20.1. The molecular formula is C22H24N4O3. The number of imidazole rings is 1. The van der Waals surface area contributed by atoms with Gasteiger partial charge in [0.25, 0.3) is 5.91 Å². The Morgan fingerprint density at radius 1 is 1.07 bits per heavy atom. The van der Waals surface area contributed by atoms with Crippen LogP contribution >= 0.6 is 0 Å². The summed E-state index contributed by atoms with van der Waals surface area (Å²) in [4.78, 5) is 32.1. The lowest BCUT2D eigenvalue weighted by Crippen LogP contribution is -2.41. The van der Waals surface area contributed by atoms with Crippen LogP contribution in [-0.2, 0) is 16.0 Å². The second-order valence-electron chi connectivity index (χ2n) is 7.16. The van der Waals surface area contributed by atoms with E-state index in [1.807, 2.05) is 36.4 Å². The number of H-pyrrole nitrogens is 1. The highest BCUT2D eigenvalue weighted by molar-refractivity contribution is 5.99. The first-order chi connectivity index (χ1) is 14.2. The lowest BCUT2D eigenvalue weighted by molar-refractivity contribution is -0.130. The molecule has 7 nitrogen and oxygen atoms in total. The lowest BCUT2D eigenvalue weighted by Gasteiger charge is -2.25. The fourth-order valence-corrected chi connectivity index (χ4v) is 3.41. The number of carbonyl (C=O) groups excluding carboxylic acids is 2. The van der Waals surface area contributed by atoms with Crippen molar-refractivity contribution in [3.63, 3.8) is 0 Å². The third-order valence-corrected chi connectivity index (χ3v) is 4.93. The van der Waals surface area contributed by atoms with Crippen LogP contribution in [0.2, 0.25) is 0 Å². The van der Waals surface area contributed by atoms with Gasteiger partial charge in [-0.2, -0.15) is 0 Å². The van der Waals surface area contributed by atoms with E-state index < -0.39 is 6.10 Å². The fraction of sp³-hybridized carbons (Fsp3) is 0.318. The van der Waals surface area contributed by atoms with Gasteiger partial charge in [0.15, 0.2) is 6.10 Å². The summed E-state index contributed by atoms with van der Waals surface area (Å²) in [6.45, 7) is 0.587. The molecule has 7 heteroatoms. The number of nitrogens with zero attached hydrogens (tertiary/aromatic N) is 1. The number of anilines is 1. The van der Waals surface area contributed by atoms with Gasteiger partial charge in [-0.05, 0) is 37.1 Å². The monoisotopic (exact) mass is 392 g/mol. The summed E-state index contributed by atoms with van der Waals surface area (Å²) in [7, 11) is 0. The summed E-state index contributed by atoms with van der Waals surface area (Å²) in [6, 6.07) is 15.2. The summed E-state index contributed by atoms with van der Waals surface area (Å²) >= 11 is 0. The molecule has 0 bridgehead atoms. The molecule has 1 atom stereocenters. The van der Waals surface area contributed by atoms with Crippen LogP contribution in [0.25, 0.3) is 11.0 Å². The summed E-state index contributed by atoms with van der Waals surface area (Å²) in [5.74, 6) is 1.12. The molecule has 1 aliphatic heterocycles. The van der Waals surface area contributed by atoms with E-state index in [9.17, 15) is 9.59 Å². The molecule has 3 aromatic rings. The molecule has 1 aliphatic rings. The number of aromatic nitrogens is 2. The predicted octanol–water partition coefficient (Wildman–Crippen LogP) is 3.18. The maximum Gasteiger partial charge on any atom is 0.266 e. The number of aryl methyl sites for hydroxylation is 1. The molecule has 4 rings (SSSR count). The molecule has 0 unspecified atom stereocenters. The van der Waals surface area contributed by atoms with Crippen LogP contribution in [0.1, 0.15) is 31.5 Å². The molecule has 2 amide bonds. The number of unbranched alkanes of at least 4 members (excludes halogenated alkanes) is 2. The van der Waals surface area contributed by atoms with E-state index in [-0.39, 0.29) is 18.2 Å². The molecule has 2 aromatic carbocycles. The Kier molecular flexibility index (Phi) is 5.74. The largest absolute Gasteiger partial charge is 0.478 e. The van der Waals surface area contributed by atoms with Gasteiger partial charge in [-0.1, -0.05) is 30.7 Å². The molecule has 150 valence electrons. The van der Waals surface area contributed by atoms with E-state index >= 15 is 0 Å². The smallest absolute Gasteiger partial charge is 0.266 e. The van der Waals surface area contributed by atoms with Crippen molar-refractivity contribution in [1.29, 1.82) is 0 Å². The minimum Gasteiger partial charge on any atom is -0.478 e. The highest BCUT2D eigenvalue weighted by Crippen LogP contribution is 2.29. The highest BCUT2D eigenvalue weighted by atomic mass is 16.5. The average Bonchev–Trinajstić information content (AvgIpc) is 3.14. The predicted molar refractivity (Wildman–Crippen MR) is 111 cm³/mol. The molecule has 2 heterocycles. The van der Waals surface area contributed by atoms with Gasteiger partial charge in [0, 0.05) is 13.0 Å². The second-order valence-corrected chi connectivity index (χ2v) is 7.16. The first-order valence-electron chi connectivity index (χ1n) is 9.96. The number of rotatable bonds is 8. The number of aromatic amines is 1. The number of para-hydroxylation sites is 4. The maximum atomic E-state index is 12.1. The Bertz CT molecular complexity index is 981. The van der Waals surface area contributed by atoms with Gasteiger partial charge in [-0.3, -0.25) is 9.59 Å². The lowest BCUT2D eigenvalue weighted by atomic mass is 10.1. The van der Waals surface area contributed by atoms with Crippen molar-refractivity contribution >= 4 is 28.5 Å². The molecular weight excluding hydrogens is 368 g/mol. The van der Waals surface area contributed by atoms with Gasteiger partial charge in [0.05, 0.1) is 23.1 Å². The molecule has 29 heavy (non-hydrogen) atoms. The summed E-state index contributed by atoms with van der Waals surface area (Å²) in [6.07, 6.45) is 2.98. The van der Waals surface area contributed by atoms with Crippen molar-refractivity contribution in [1.82, 2.24) is 15.3 Å². The topological polar surface area (TPSA) is 96.1 Å². The Labute approximate surface area is 168 Å². The first kappa shape index (κ1) is 19.0. The molecule has 1 aromatic heterocycles. The third kappa shape index (κ3) is 4.74. The molecule has 0 spiro atoms. The van der Waals surface area contributed by atoms with Gasteiger partial charge in [0.2, 0.25) is 5.91 Å². The van der Waals surface area contributed by atoms with Crippen LogP contribution in [-0.4, -0.2) is 34.4 Å². The van der Waals surface area contributed by atoms with Crippen molar-refractivity contribution in [2.24, 2.45) is 0 Å². The van der Waals surface area contributed by atoms with E-state index in [2.05, 4.69) is 20.6 Å².